The largest absolute Gasteiger partial charge is 0.379 e. The summed E-state index contributed by atoms with van der Waals surface area (Å²) in [4.78, 5) is 12.2. The van der Waals surface area contributed by atoms with E-state index in [4.69, 9.17) is 4.74 Å². The molecule has 28 heavy (non-hydrogen) atoms. The van der Waals surface area contributed by atoms with Crippen LogP contribution in [0.15, 0.2) is 29.2 Å². The average molecular weight is 434 g/mol. The monoisotopic (exact) mass is 433 g/mol. The fourth-order valence-corrected chi connectivity index (χ4v) is 5.34. The Labute approximate surface area is 166 Å². The standard InChI is InChI=1S/C17H27N3O6S2/c1-17(2,3)19-28(24,25)15-6-4-14(5-7-15)16(21)18-8-13-27(22,23)20-9-11-26-12-10-20/h4-7,19H,8-13H2,1-3H3,(H,18,21). The van der Waals surface area contributed by atoms with E-state index in [1.54, 1.807) is 20.8 Å². The highest BCUT2D eigenvalue weighted by Gasteiger charge is 2.24. The number of amides is 1. The van der Waals surface area contributed by atoms with Crippen LogP contribution in [-0.2, 0) is 24.8 Å². The normalized spacial score (nSPS) is 16.7. The van der Waals surface area contributed by atoms with E-state index in [9.17, 15) is 21.6 Å². The Morgan fingerprint density at radius 3 is 2.18 bits per heavy atom. The summed E-state index contributed by atoms with van der Waals surface area (Å²) < 4.78 is 58.0. The van der Waals surface area contributed by atoms with E-state index in [0.29, 0.717) is 26.3 Å². The Morgan fingerprint density at radius 1 is 1.07 bits per heavy atom. The molecule has 2 N–H and O–H groups in total. The zero-order valence-corrected chi connectivity index (χ0v) is 17.9. The Hall–Kier alpha value is -1.53. The number of hydrogen-bond donors (Lipinski definition) is 2. The van der Waals surface area contributed by atoms with E-state index < -0.39 is 31.5 Å². The summed E-state index contributed by atoms with van der Waals surface area (Å²) in [5.41, 5.74) is -0.376. The first-order valence-corrected chi connectivity index (χ1v) is 12.0. The molecule has 1 fully saturated rings. The number of ether oxygens (including phenoxy) is 1. The average Bonchev–Trinajstić information content (AvgIpc) is 2.60. The molecule has 0 radical (unpaired) electrons. The van der Waals surface area contributed by atoms with Crippen LogP contribution >= 0.6 is 0 Å². The molecule has 158 valence electrons. The van der Waals surface area contributed by atoms with Gasteiger partial charge in [-0.05, 0) is 45.0 Å². The third kappa shape index (κ3) is 6.52. The maximum atomic E-state index is 12.3. The lowest BCUT2D eigenvalue weighted by Gasteiger charge is -2.26. The van der Waals surface area contributed by atoms with Gasteiger partial charge in [-0.25, -0.2) is 21.6 Å². The molecule has 0 atom stereocenters. The van der Waals surface area contributed by atoms with Crippen LogP contribution in [0.5, 0.6) is 0 Å². The van der Waals surface area contributed by atoms with E-state index >= 15 is 0 Å². The summed E-state index contributed by atoms with van der Waals surface area (Å²) in [6.07, 6.45) is 0. The fourth-order valence-electron chi connectivity index (χ4n) is 2.60. The number of nitrogens with zero attached hydrogens (tertiary/aromatic N) is 1. The molecule has 9 nitrogen and oxygen atoms in total. The molecule has 0 bridgehead atoms. The highest BCUT2D eigenvalue weighted by Crippen LogP contribution is 2.14. The number of carbonyl (C=O) groups is 1. The smallest absolute Gasteiger partial charge is 0.251 e. The van der Waals surface area contributed by atoms with E-state index in [2.05, 4.69) is 10.0 Å². The van der Waals surface area contributed by atoms with Crippen LogP contribution in [0.25, 0.3) is 0 Å². The number of carbonyl (C=O) groups excluding carboxylic acids is 1. The molecule has 0 aliphatic carbocycles. The quantitative estimate of drug-likeness (QED) is 0.631. The molecule has 0 spiro atoms. The lowest BCUT2D eigenvalue weighted by atomic mass is 10.1. The van der Waals surface area contributed by atoms with E-state index in [0.717, 1.165) is 0 Å². The van der Waals surface area contributed by atoms with Crippen LogP contribution in [0, 0.1) is 0 Å². The molecule has 1 amide bonds. The molecule has 0 aromatic heterocycles. The summed E-state index contributed by atoms with van der Waals surface area (Å²) in [6.45, 7) is 6.52. The minimum absolute atomic E-state index is 0.0375. The zero-order valence-electron chi connectivity index (χ0n) is 16.3. The van der Waals surface area contributed by atoms with Gasteiger partial charge >= 0.3 is 0 Å². The molecular weight excluding hydrogens is 406 g/mol. The van der Waals surface area contributed by atoms with Gasteiger partial charge in [-0.3, -0.25) is 4.79 Å². The second-order valence-corrected chi connectivity index (χ2v) is 11.2. The number of benzene rings is 1. The van der Waals surface area contributed by atoms with E-state index in [-0.39, 0.29) is 22.8 Å². The third-order valence-electron chi connectivity index (χ3n) is 3.88. The number of hydrogen-bond acceptors (Lipinski definition) is 6. The molecule has 1 heterocycles. The van der Waals surface area contributed by atoms with Crippen LogP contribution < -0.4 is 10.0 Å². The fraction of sp³-hybridized carbons (Fsp3) is 0.588. The maximum absolute atomic E-state index is 12.3. The van der Waals surface area contributed by atoms with Crippen molar-refractivity contribution in [3.8, 4) is 0 Å². The van der Waals surface area contributed by atoms with Gasteiger partial charge in [0.1, 0.15) is 0 Å². The van der Waals surface area contributed by atoms with Gasteiger partial charge in [-0.1, -0.05) is 0 Å². The first-order chi connectivity index (χ1) is 12.9. The molecule has 1 aliphatic rings. The van der Waals surface area contributed by atoms with Crippen molar-refractivity contribution >= 4 is 26.0 Å². The lowest BCUT2D eigenvalue weighted by Crippen LogP contribution is -2.43. The summed E-state index contributed by atoms with van der Waals surface area (Å²) in [5, 5.41) is 2.55. The Kier molecular flexibility index (Phi) is 7.21. The van der Waals surface area contributed by atoms with E-state index in [1.807, 2.05) is 0 Å². The van der Waals surface area contributed by atoms with Crippen molar-refractivity contribution in [2.24, 2.45) is 0 Å². The van der Waals surface area contributed by atoms with Gasteiger partial charge < -0.3 is 10.1 Å². The Balaban J connectivity index is 1.92. The minimum atomic E-state index is -3.69. The SMILES string of the molecule is CC(C)(C)NS(=O)(=O)c1ccc(C(=O)NCCS(=O)(=O)N2CCOCC2)cc1. The van der Waals surface area contributed by atoms with Gasteiger partial charge in [0.2, 0.25) is 20.0 Å². The second kappa shape index (κ2) is 8.87. The third-order valence-corrected chi connectivity index (χ3v) is 7.52. The topological polar surface area (TPSA) is 122 Å². The number of sulfonamides is 2. The van der Waals surface area contributed by atoms with Gasteiger partial charge in [-0.2, -0.15) is 4.31 Å². The van der Waals surface area contributed by atoms with Crippen LogP contribution in [0.2, 0.25) is 0 Å². The predicted molar refractivity (Wildman–Crippen MR) is 105 cm³/mol. The zero-order chi connectivity index (χ0) is 21.0. The molecule has 1 aromatic carbocycles. The van der Waals surface area contributed by atoms with Crippen LogP contribution in [0.4, 0.5) is 0 Å². The van der Waals surface area contributed by atoms with Crippen molar-refractivity contribution in [3.05, 3.63) is 29.8 Å². The molecule has 1 aliphatic heterocycles. The van der Waals surface area contributed by atoms with Gasteiger partial charge in [0.05, 0.1) is 23.9 Å². The highest BCUT2D eigenvalue weighted by atomic mass is 32.2. The van der Waals surface area contributed by atoms with Crippen LogP contribution in [-0.4, -0.2) is 71.2 Å². The number of nitrogens with one attached hydrogen (secondary N) is 2. The second-order valence-electron chi connectivity index (χ2n) is 7.46. The molecule has 1 saturated heterocycles. The van der Waals surface area contributed by atoms with Gasteiger partial charge in [0.15, 0.2) is 0 Å². The van der Waals surface area contributed by atoms with Crippen molar-refractivity contribution in [1.29, 1.82) is 0 Å². The molecule has 2 rings (SSSR count). The number of rotatable bonds is 7. The minimum Gasteiger partial charge on any atom is -0.379 e. The maximum Gasteiger partial charge on any atom is 0.251 e. The van der Waals surface area contributed by atoms with Gasteiger partial charge in [0, 0.05) is 30.7 Å². The first-order valence-electron chi connectivity index (χ1n) is 8.89. The Bertz CT molecular complexity index is 884. The van der Waals surface area contributed by atoms with Crippen LogP contribution in [0.3, 0.4) is 0 Å². The van der Waals surface area contributed by atoms with Crippen molar-refractivity contribution < 1.29 is 26.4 Å². The van der Waals surface area contributed by atoms with Crippen molar-refractivity contribution in [2.45, 2.75) is 31.2 Å². The molecular formula is C17H27N3O6S2. The summed E-state index contributed by atoms with van der Waals surface area (Å²) >= 11 is 0. The van der Waals surface area contributed by atoms with Crippen molar-refractivity contribution in [3.63, 3.8) is 0 Å². The molecule has 11 heteroatoms. The summed E-state index contributed by atoms with van der Waals surface area (Å²) in [6, 6.07) is 5.47. The van der Waals surface area contributed by atoms with Crippen molar-refractivity contribution in [2.75, 3.05) is 38.6 Å². The van der Waals surface area contributed by atoms with Crippen LogP contribution in [0.1, 0.15) is 31.1 Å². The van der Waals surface area contributed by atoms with Crippen molar-refractivity contribution in [1.82, 2.24) is 14.3 Å². The van der Waals surface area contributed by atoms with Gasteiger partial charge in [0.25, 0.3) is 5.91 Å². The Morgan fingerprint density at radius 2 is 1.64 bits per heavy atom. The number of morpholine rings is 1. The predicted octanol–water partition coefficient (Wildman–Crippen LogP) is 0.155. The van der Waals surface area contributed by atoms with Gasteiger partial charge in [-0.15, -0.1) is 0 Å². The summed E-state index contributed by atoms with van der Waals surface area (Å²) in [5.74, 6) is -0.675. The molecule has 0 unspecified atom stereocenters. The summed E-state index contributed by atoms with van der Waals surface area (Å²) in [7, 11) is -7.14. The lowest BCUT2D eigenvalue weighted by molar-refractivity contribution is 0.0730. The molecule has 0 saturated carbocycles. The first kappa shape index (κ1) is 22.8. The highest BCUT2D eigenvalue weighted by molar-refractivity contribution is 7.89. The van der Waals surface area contributed by atoms with E-state index in [1.165, 1.54) is 28.6 Å². The molecule has 1 aromatic rings.